The molecule has 6 heteroatoms. The second-order valence-corrected chi connectivity index (χ2v) is 6.19. The third-order valence-electron chi connectivity index (χ3n) is 4.33. The number of ketones is 1. The normalized spacial score (nSPS) is 26.1. The Morgan fingerprint density at radius 3 is 2.33 bits per heavy atom. The van der Waals surface area contributed by atoms with Gasteiger partial charge in [-0.3, -0.25) is 4.79 Å². The standard InChI is InChI=1S/C15H15ClF3NO/c16-9-4-5-14(13(6-9)15(17,18)19)20-10-2-1-3-11(20)8-12(21)7-10/h4-6,10-11H,1-3,7-8H2. The number of rotatable bonds is 1. The third-order valence-corrected chi connectivity index (χ3v) is 4.57. The van der Waals surface area contributed by atoms with Crippen molar-refractivity contribution in [3.8, 4) is 0 Å². The molecule has 2 fully saturated rings. The van der Waals surface area contributed by atoms with Crippen LogP contribution in [0, 0.1) is 0 Å². The van der Waals surface area contributed by atoms with Crippen molar-refractivity contribution in [1.29, 1.82) is 0 Å². The number of alkyl halides is 3. The Morgan fingerprint density at radius 2 is 1.76 bits per heavy atom. The number of fused-ring (bicyclic) bond motifs is 2. The Balaban J connectivity index is 2.06. The summed E-state index contributed by atoms with van der Waals surface area (Å²) in [6.07, 6.45) is -1.26. The van der Waals surface area contributed by atoms with E-state index < -0.39 is 11.7 Å². The fourth-order valence-corrected chi connectivity index (χ4v) is 3.70. The van der Waals surface area contributed by atoms with E-state index in [1.165, 1.54) is 12.1 Å². The average Bonchev–Trinajstić information content (AvgIpc) is 2.37. The average molecular weight is 318 g/mol. The van der Waals surface area contributed by atoms with Gasteiger partial charge in [-0.1, -0.05) is 11.6 Å². The van der Waals surface area contributed by atoms with Gasteiger partial charge in [0, 0.05) is 35.6 Å². The van der Waals surface area contributed by atoms with Crippen molar-refractivity contribution in [2.24, 2.45) is 0 Å². The van der Waals surface area contributed by atoms with Crippen LogP contribution in [0.3, 0.4) is 0 Å². The highest BCUT2D eigenvalue weighted by Crippen LogP contribution is 2.43. The summed E-state index contributed by atoms with van der Waals surface area (Å²) < 4.78 is 39.9. The fraction of sp³-hybridized carbons (Fsp3) is 0.533. The largest absolute Gasteiger partial charge is 0.418 e. The van der Waals surface area contributed by atoms with Gasteiger partial charge >= 0.3 is 6.18 Å². The van der Waals surface area contributed by atoms with Gasteiger partial charge < -0.3 is 4.90 Å². The van der Waals surface area contributed by atoms with Gasteiger partial charge in [0.25, 0.3) is 0 Å². The lowest BCUT2D eigenvalue weighted by Crippen LogP contribution is -2.53. The van der Waals surface area contributed by atoms with E-state index >= 15 is 0 Å². The van der Waals surface area contributed by atoms with E-state index in [1.807, 2.05) is 4.90 Å². The number of carbonyl (C=O) groups is 1. The van der Waals surface area contributed by atoms with Crippen LogP contribution in [0.15, 0.2) is 18.2 Å². The van der Waals surface area contributed by atoms with Crippen LogP contribution in [0.1, 0.15) is 37.7 Å². The molecule has 0 radical (unpaired) electrons. The minimum Gasteiger partial charge on any atom is -0.364 e. The fourth-order valence-electron chi connectivity index (χ4n) is 3.53. The molecule has 1 aromatic carbocycles. The molecule has 3 rings (SSSR count). The maximum atomic E-state index is 13.3. The Kier molecular flexibility index (Phi) is 3.64. The SMILES string of the molecule is O=C1CC2CCCC(C1)N2c1ccc(Cl)cc1C(F)(F)F. The molecule has 2 saturated heterocycles. The van der Waals surface area contributed by atoms with Gasteiger partial charge in [0.1, 0.15) is 5.78 Å². The molecule has 2 aliphatic heterocycles. The summed E-state index contributed by atoms with van der Waals surface area (Å²) in [5.74, 6) is 0.156. The zero-order chi connectivity index (χ0) is 15.2. The number of nitrogens with zero attached hydrogens (tertiary/aromatic N) is 1. The topological polar surface area (TPSA) is 20.3 Å². The first-order valence-corrected chi connectivity index (χ1v) is 7.41. The lowest BCUT2D eigenvalue weighted by molar-refractivity contribution is -0.137. The molecule has 21 heavy (non-hydrogen) atoms. The Hall–Kier alpha value is -1.23. The van der Waals surface area contributed by atoms with Crippen LogP contribution in [0.25, 0.3) is 0 Å². The van der Waals surface area contributed by atoms with Crippen molar-refractivity contribution in [1.82, 2.24) is 0 Å². The first-order chi connectivity index (χ1) is 9.86. The van der Waals surface area contributed by atoms with Gasteiger partial charge in [0.15, 0.2) is 0 Å². The minimum absolute atomic E-state index is 0.0734. The van der Waals surface area contributed by atoms with Crippen LogP contribution in [0.4, 0.5) is 18.9 Å². The van der Waals surface area contributed by atoms with Crippen molar-refractivity contribution < 1.29 is 18.0 Å². The molecule has 0 aromatic heterocycles. The second-order valence-electron chi connectivity index (χ2n) is 5.75. The van der Waals surface area contributed by atoms with Crippen molar-refractivity contribution in [3.05, 3.63) is 28.8 Å². The summed E-state index contributed by atoms with van der Waals surface area (Å²) in [6, 6.07) is 3.66. The van der Waals surface area contributed by atoms with E-state index in [9.17, 15) is 18.0 Å². The van der Waals surface area contributed by atoms with E-state index in [0.29, 0.717) is 12.8 Å². The summed E-state index contributed by atoms with van der Waals surface area (Å²) in [7, 11) is 0. The molecule has 2 atom stereocenters. The Labute approximate surface area is 125 Å². The maximum absolute atomic E-state index is 13.3. The number of hydrogen-bond donors (Lipinski definition) is 0. The van der Waals surface area contributed by atoms with Crippen molar-refractivity contribution >= 4 is 23.1 Å². The lowest BCUT2D eigenvalue weighted by atomic mass is 9.83. The molecule has 1 aromatic rings. The summed E-state index contributed by atoms with van der Waals surface area (Å²) in [5, 5.41) is 0.0734. The molecule has 2 bridgehead atoms. The van der Waals surface area contributed by atoms with Gasteiger partial charge in [0.2, 0.25) is 0 Å². The van der Waals surface area contributed by atoms with Crippen LogP contribution < -0.4 is 4.90 Å². The Morgan fingerprint density at radius 1 is 1.14 bits per heavy atom. The zero-order valence-electron chi connectivity index (χ0n) is 11.3. The molecular weight excluding hydrogens is 303 g/mol. The number of hydrogen-bond acceptors (Lipinski definition) is 2. The molecular formula is C15H15ClF3NO. The van der Waals surface area contributed by atoms with Crippen LogP contribution in [0.2, 0.25) is 5.02 Å². The number of halogens is 4. The van der Waals surface area contributed by atoms with Gasteiger partial charge in [-0.15, -0.1) is 0 Å². The predicted molar refractivity (Wildman–Crippen MR) is 74.6 cm³/mol. The van der Waals surface area contributed by atoms with Crippen molar-refractivity contribution in [3.63, 3.8) is 0 Å². The molecule has 0 amide bonds. The van der Waals surface area contributed by atoms with Crippen molar-refractivity contribution in [2.45, 2.75) is 50.4 Å². The Bertz CT molecular complexity index is 557. The highest BCUT2D eigenvalue weighted by molar-refractivity contribution is 6.30. The highest BCUT2D eigenvalue weighted by atomic mass is 35.5. The minimum atomic E-state index is -4.45. The van der Waals surface area contributed by atoms with Gasteiger partial charge in [0.05, 0.1) is 5.56 Å². The summed E-state index contributed by atoms with van der Waals surface area (Å²) in [6.45, 7) is 0. The quantitative estimate of drug-likeness (QED) is 0.762. The number of Topliss-reactive ketones (excluding diaryl/α,β-unsaturated/α-hetero) is 1. The second kappa shape index (κ2) is 5.20. The van der Waals surface area contributed by atoms with E-state index in [0.717, 1.165) is 25.3 Å². The first-order valence-electron chi connectivity index (χ1n) is 7.03. The van der Waals surface area contributed by atoms with E-state index in [1.54, 1.807) is 0 Å². The number of carbonyl (C=O) groups excluding carboxylic acids is 1. The summed E-state index contributed by atoms with van der Waals surface area (Å²) >= 11 is 5.73. The molecule has 2 aliphatic rings. The van der Waals surface area contributed by atoms with Crippen LogP contribution in [-0.2, 0) is 11.0 Å². The number of piperidine rings is 2. The molecule has 2 unspecified atom stereocenters. The molecule has 2 nitrogen and oxygen atoms in total. The zero-order valence-corrected chi connectivity index (χ0v) is 12.0. The van der Waals surface area contributed by atoms with Crippen LogP contribution in [0.5, 0.6) is 0 Å². The third kappa shape index (κ3) is 2.76. The van der Waals surface area contributed by atoms with E-state index in [-0.39, 0.29) is 28.6 Å². The van der Waals surface area contributed by atoms with Crippen molar-refractivity contribution in [2.75, 3.05) is 4.90 Å². The van der Waals surface area contributed by atoms with Gasteiger partial charge in [-0.2, -0.15) is 13.2 Å². The smallest absolute Gasteiger partial charge is 0.364 e. The molecule has 0 saturated carbocycles. The monoisotopic (exact) mass is 317 g/mol. The van der Waals surface area contributed by atoms with Crippen LogP contribution >= 0.6 is 11.6 Å². The molecule has 2 heterocycles. The lowest BCUT2D eigenvalue weighted by Gasteiger charge is -2.47. The maximum Gasteiger partial charge on any atom is 0.418 e. The highest BCUT2D eigenvalue weighted by Gasteiger charge is 2.42. The summed E-state index contributed by atoms with van der Waals surface area (Å²) in [5.41, 5.74) is -0.546. The van der Waals surface area contributed by atoms with E-state index in [4.69, 9.17) is 11.6 Å². The molecule has 0 aliphatic carbocycles. The predicted octanol–water partition coefficient (Wildman–Crippen LogP) is 4.45. The molecule has 0 N–H and O–H groups in total. The molecule has 114 valence electrons. The van der Waals surface area contributed by atoms with Crippen LogP contribution in [-0.4, -0.2) is 17.9 Å². The van der Waals surface area contributed by atoms with E-state index in [2.05, 4.69) is 0 Å². The van der Waals surface area contributed by atoms with Gasteiger partial charge in [-0.25, -0.2) is 0 Å². The van der Waals surface area contributed by atoms with Gasteiger partial charge in [-0.05, 0) is 37.5 Å². The number of benzene rings is 1. The summed E-state index contributed by atoms with van der Waals surface area (Å²) in [4.78, 5) is 13.5. The first kappa shape index (κ1) is 14.7. The number of anilines is 1. The molecule has 0 spiro atoms.